The summed E-state index contributed by atoms with van der Waals surface area (Å²) < 4.78 is 30.6. The van der Waals surface area contributed by atoms with Gasteiger partial charge in [-0.3, -0.25) is 4.90 Å². The average Bonchev–Trinajstić information content (AvgIpc) is 2.93. The van der Waals surface area contributed by atoms with Crippen molar-refractivity contribution < 1.29 is 13.5 Å². The van der Waals surface area contributed by atoms with Crippen molar-refractivity contribution in [3.05, 3.63) is 71.5 Å². The van der Waals surface area contributed by atoms with E-state index in [1.165, 1.54) is 12.1 Å². The van der Waals surface area contributed by atoms with Crippen LogP contribution >= 0.6 is 0 Å². The molecular weight excluding hydrogens is 324 g/mol. The van der Waals surface area contributed by atoms with Crippen LogP contribution in [0.1, 0.15) is 16.7 Å². The molecule has 0 atom stereocenters. The van der Waals surface area contributed by atoms with Crippen molar-refractivity contribution in [2.75, 3.05) is 7.05 Å². The number of nitriles is 1. The summed E-state index contributed by atoms with van der Waals surface area (Å²) in [5.41, 5.74) is 3.50. The van der Waals surface area contributed by atoms with Crippen molar-refractivity contribution in [2.45, 2.75) is 19.7 Å². The van der Waals surface area contributed by atoms with Gasteiger partial charge >= 0.3 is 6.61 Å². The van der Waals surface area contributed by atoms with Gasteiger partial charge in [-0.15, -0.1) is 0 Å². The maximum absolute atomic E-state index is 12.2. The Hall–Kier alpha value is -2.91. The van der Waals surface area contributed by atoms with Crippen molar-refractivity contribution >= 4 is 5.52 Å². The molecule has 0 aliphatic rings. The van der Waals surface area contributed by atoms with Gasteiger partial charge in [0.15, 0.2) is 0 Å². The number of nitrogens with zero attached hydrogens (tertiary/aromatic N) is 3. The van der Waals surface area contributed by atoms with Crippen molar-refractivity contribution in [1.82, 2.24) is 9.30 Å². The first-order valence-corrected chi connectivity index (χ1v) is 7.78. The van der Waals surface area contributed by atoms with E-state index in [4.69, 9.17) is 0 Å². The summed E-state index contributed by atoms with van der Waals surface area (Å²) >= 11 is 0. The number of ether oxygens (including phenoxy) is 1. The van der Waals surface area contributed by atoms with Gasteiger partial charge in [-0.2, -0.15) is 14.0 Å². The van der Waals surface area contributed by atoms with Crippen LogP contribution in [0.4, 0.5) is 8.78 Å². The zero-order valence-corrected chi connectivity index (χ0v) is 13.7. The highest BCUT2D eigenvalue weighted by molar-refractivity contribution is 5.65. The second-order valence-corrected chi connectivity index (χ2v) is 5.83. The third kappa shape index (κ3) is 3.95. The van der Waals surface area contributed by atoms with Gasteiger partial charge in [-0.25, -0.2) is 0 Å². The van der Waals surface area contributed by atoms with E-state index in [1.807, 2.05) is 42.0 Å². The summed E-state index contributed by atoms with van der Waals surface area (Å²) in [5, 5.41) is 9.45. The Morgan fingerprint density at radius 1 is 1.16 bits per heavy atom. The number of fused-ring (bicyclic) bond motifs is 1. The maximum atomic E-state index is 12.2. The lowest BCUT2D eigenvalue weighted by Crippen LogP contribution is -2.17. The molecule has 0 bridgehead atoms. The fourth-order valence-corrected chi connectivity index (χ4v) is 2.86. The molecule has 25 heavy (non-hydrogen) atoms. The van der Waals surface area contributed by atoms with E-state index in [-0.39, 0.29) is 5.75 Å². The molecule has 128 valence electrons. The smallest absolute Gasteiger partial charge is 0.387 e. The fraction of sp³-hybridized carbons (Fsp3) is 0.211. The molecule has 0 radical (unpaired) electrons. The van der Waals surface area contributed by atoms with Gasteiger partial charge in [0, 0.05) is 31.0 Å². The second-order valence-electron chi connectivity index (χ2n) is 5.83. The van der Waals surface area contributed by atoms with E-state index < -0.39 is 6.61 Å². The molecule has 2 heterocycles. The number of hydrogen-bond donors (Lipinski definition) is 0. The molecule has 0 fully saturated rings. The molecular formula is C19H17F2N3O. The highest BCUT2D eigenvalue weighted by atomic mass is 19.3. The van der Waals surface area contributed by atoms with Crippen molar-refractivity contribution in [3.63, 3.8) is 0 Å². The monoisotopic (exact) mass is 341 g/mol. The molecule has 0 unspecified atom stereocenters. The summed E-state index contributed by atoms with van der Waals surface area (Å²) in [6.45, 7) is -1.58. The van der Waals surface area contributed by atoms with Crippen molar-refractivity contribution in [1.29, 1.82) is 5.26 Å². The minimum atomic E-state index is -2.82. The Labute approximate surface area is 144 Å². The van der Waals surface area contributed by atoms with Gasteiger partial charge in [0.25, 0.3) is 0 Å². The molecule has 1 aromatic carbocycles. The van der Waals surface area contributed by atoms with E-state index in [0.717, 1.165) is 16.6 Å². The Bertz CT molecular complexity index is 897. The predicted molar refractivity (Wildman–Crippen MR) is 90.4 cm³/mol. The van der Waals surface area contributed by atoms with E-state index in [2.05, 4.69) is 15.7 Å². The molecule has 3 aromatic rings. The minimum absolute atomic E-state index is 0.145. The lowest BCUT2D eigenvalue weighted by atomic mass is 10.1. The molecule has 2 aromatic heterocycles. The van der Waals surface area contributed by atoms with Crippen LogP contribution in [-0.2, 0) is 13.1 Å². The summed E-state index contributed by atoms with van der Waals surface area (Å²) in [5.74, 6) is 0.145. The van der Waals surface area contributed by atoms with Crippen LogP contribution < -0.4 is 4.74 Å². The number of rotatable bonds is 6. The van der Waals surface area contributed by atoms with Gasteiger partial charge < -0.3 is 9.14 Å². The number of hydrogen-bond acceptors (Lipinski definition) is 3. The molecule has 4 nitrogen and oxygen atoms in total. The molecule has 0 aliphatic carbocycles. The topological polar surface area (TPSA) is 40.7 Å². The van der Waals surface area contributed by atoms with Crippen molar-refractivity contribution in [3.8, 4) is 11.8 Å². The number of benzene rings is 1. The van der Waals surface area contributed by atoms with Gasteiger partial charge in [-0.1, -0.05) is 18.2 Å². The summed E-state index contributed by atoms with van der Waals surface area (Å²) in [6, 6.07) is 14.6. The third-order valence-corrected chi connectivity index (χ3v) is 3.92. The SMILES string of the molecule is CN(Cc1ccc(OC(F)F)cc1)Cc1cn2ccccc2c1C#N. The highest BCUT2D eigenvalue weighted by Crippen LogP contribution is 2.20. The van der Waals surface area contributed by atoms with Crippen LogP contribution in [-0.4, -0.2) is 23.0 Å². The summed E-state index contributed by atoms with van der Waals surface area (Å²) in [4.78, 5) is 2.07. The second kappa shape index (κ2) is 7.32. The largest absolute Gasteiger partial charge is 0.435 e. The predicted octanol–water partition coefficient (Wildman–Crippen LogP) is 4.04. The van der Waals surface area contributed by atoms with E-state index in [0.29, 0.717) is 18.7 Å². The Morgan fingerprint density at radius 2 is 1.92 bits per heavy atom. The first-order chi connectivity index (χ1) is 12.1. The lowest BCUT2D eigenvalue weighted by Gasteiger charge is -2.16. The van der Waals surface area contributed by atoms with Gasteiger partial charge in [0.2, 0.25) is 0 Å². The van der Waals surface area contributed by atoms with Crippen molar-refractivity contribution in [2.24, 2.45) is 0 Å². The standard InChI is InChI=1S/C19H17F2N3O/c1-23(11-14-5-7-16(8-6-14)25-19(20)21)12-15-13-24-9-3-2-4-18(24)17(15)10-22/h2-9,13,19H,11-12H2,1H3. The molecule has 3 rings (SSSR count). The maximum Gasteiger partial charge on any atom is 0.387 e. The molecule has 0 aliphatic heterocycles. The van der Waals surface area contributed by atoms with Crippen LogP contribution in [0.2, 0.25) is 0 Å². The zero-order valence-electron chi connectivity index (χ0n) is 13.7. The fourth-order valence-electron chi connectivity index (χ4n) is 2.86. The summed E-state index contributed by atoms with van der Waals surface area (Å²) in [7, 11) is 1.95. The third-order valence-electron chi connectivity index (χ3n) is 3.92. The van der Waals surface area contributed by atoms with Crippen LogP contribution in [0.3, 0.4) is 0 Å². The first kappa shape index (κ1) is 16.9. The molecule has 0 N–H and O–H groups in total. The van der Waals surface area contributed by atoms with Gasteiger partial charge in [-0.05, 0) is 36.9 Å². The number of alkyl halides is 2. The van der Waals surface area contributed by atoms with Crippen LogP contribution in [0.5, 0.6) is 5.75 Å². The van der Waals surface area contributed by atoms with Crippen LogP contribution in [0, 0.1) is 11.3 Å². The number of pyridine rings is 1. The van der Waals surface area contributed by atoms with Crippen LogP contribution in [0.25, 0.3) is 5.52 Å². The number of aromatic nitrogens is 1. The first-order valence-electron chi connectivity index (χ1n) is 7.78. The average molecular weight is 341 g/mol. The molecule has 0 amide bonds. The van der Waals surface area contributed by atoms with Gasteiger partial charge in [0.05, 0.1) is 11.1 Å². The normalized spacial score (nSPS) is 11.2. The van der Waals surface area contributed by atoms with Crippen LogP contribution in [0.15, 0.2) is 54.9 Å². The quantitative estimate of drug-likeness (QED) is 0.679. The van der Waals surface area contributed by atoms with Gasteiger partial charge in [0.1, 0.15) is 11.8 Å². The Kier molecular flexibility index (Phi) is 4.96. The highest BCUT2D eigenvalue weighted by Gasteiger charge is 2.12. The van der Waals surface area contributed by atoms with E-state index >= 15 is 0 Å². The minimum Gasteiger partial charge on any atom is -0.435 e. The zero-order chi connectivity index (χ0) is 17.8. The number of halogens is 2. The Morgan fingerprint density at radius 3 is 2.60 bits per heavy atom. The molecule has 0 saturated heterocycles. The molecule has 6 heteroatoms. The molecule has 0 saturated carbocycles. The lowest BCUT2D eigenvalue weighted by molar-refractivity contribution is -0.0498. The summed E-state index contributed by atoms with van der Waals surface area (Å²) in [6.07, 6.45) is 3.88. The Balaban J connectivity index is 1.70. The van der Waals surface area contributed by atoms with E-state index in [9.17, 15) is 14.0 Å². The van der Waals surface area contributed by atoms with E-state index in [1.54, 1.807) is 12.1 Å². The molecule has 0 spiro atoms.